The van der Waals surface area contributed by atoms with Crippen LogP contribution in [0.1, 0.15) is 29.9 Å². The van der Waals surface area contributed by atoms with Gasteiger partial charge in [-0.05, 0) is 62.0 Å². The Morgan fingerprint density at radius 2 is 2.27 bits per heavy atom. The Labute approximate surface area is 90.5 Å². The van der Waals surface area contributed by atoms with Crippen LogP contribution in [-0.4, -0.2) is 29.6 Å². The van der Waals surface area contributed by atoms with Crippen molar-refractivity contribution in [3.8, 4) is 5.75 Å². The summed E-state index contributed by atoms with van der Waals surface area (Å²) in [5.74, 6) is 1.10. The van der Waals surface area contributed by atoms with E-state index in [4.69, 9.17) is 0 Å². The van der Waals surface area contributed by atoms with Crippen LogP contribution in [0.4, 0.5) is 0 Å². The number of benzene rings is 1. The minimum Gasteiger partial charge on any atom is -0.508 e. The average molecular weight is 203 g/mol. The Morgan fingerprint density at radius 1 is 1.40 bits per heavy atom. The molecule has 0 radical (unpaired) electrons. The maximum absolute atomic E-state index is 9.53. The standard InChI is InChI=1S/C13H17NO/c1-14-5-4-10-7-11(14)6-9-2-3-12(15)8-13(9)10/h2-3,8,10-11,15H,4-7H2,1H3/t10-,11+/m0/s1. The Hall–Kier alpha value is -1.02. The van der Waals surface area contributed by atoms with Gasteiger partial charge in [0.2, 0.25) is 0 Å². The van der Waals surface area contributed by atoms with E-state index in [1.165, 1.54) is 30.5 Å². The molecular formula is C13H17NO. The summed E-state index contributed by atoms with van der Waals surface area (Å²) in [7, 11) is 2.23. The summed E-state index contributed by atoms with van der Waals surface area (Å²) < 4.78 is 0. The van der Waals surface area contributed by atoms with Crippen LogP contribution < -0.4 is 0 Å². The second-order valence-electron chi connectivity index (χ2n) is 4.94. The smallest absolute Gasteiger partial charge is 0.115 e. The molecular weight excluding hydrogens is 186 g/mol. The number of hydrogen-bond donors (Lipinski definition) is 1. The molecule has 0 aromatic heterocycles. The van der Waals surface area contributed by atoms with Gasteiger partial charge in [-0.15, -0.1) is 0 Å². The van der Waals surface area contributed by atoms with Gasteiger partial charge in [-0.25, -0.2) is 0 Å². The van der Waals surface area contributed by atoms with E-state index in [2.05, 4.69) is 18.0 Å². The van der Waals surface area contributed by atoms with Crippen molar-refractivity contribution in [2.24, 2.45) is 0 Å². The number of aromatic hydroxyl groups is 1. The fraction of sp³-hybridized carbons (Fsp3) is 0.538. The lowest BCUT2D eigenvalue weighted by molar-refractivity contribution is 0.157. The Bertz CT molecular complexity index is 388. The first-order chi connectivity index (χ1) is 7.24. The number of hydrogen-bond acceptors (Lipinski definition) is 2. The van der Waals surface area contributed by atoms with Gasteiger partial charge < -0.3 is 10.0 Å². The first-order valence-electron chi connectivity index (χ1n) is 5.76. The van der Waals surface area contributed by atoms with Gasteiger partial charge in [-0.3, -0.25) is 0 Å². The fourth-order valence-corrected chi connectivity index (χ4v) is 3.09. The van der Waals surface area contributed by atoms with E-state index in [1.807, 2.05) is 12.1 Å². The van der Waals surface area contributed by atoms with Crippen molar-refractivity contribution in [1.29, 1.82) is 0 Å². The van der Waals surface area contributed by atoms with Crippen molar-refractivity contribution in [3.05, 3.63) is 29.3 Å². The molecule has 1 saturated heterocycles. The third-order valence-corrected chi connectivity index (χ3v) is 4.04. The SMILES string of the molecule is CN1CC[C@H]2C[C@H]1Cc1ccc(O)cc12. The summed E-state index contributed by atoms with van der Waals surface area (Å²) in [4.78, 5) is 2.48. The highest BCUT2D eigenvalue weighted by molar-refractivity contribution is 5.40. The molecule has 0 unspecified atom stereocenters. The molecule has 1 aromatic carbocycles. The molecule has 0 spiro atoms. The van der Waals surface area contributed by atoms with E-state index < -0.39 is 0 Å². The maximum Gasteiger partial charge on any atom is 0.115 e. The zero-order chi connectivity index (χ0) is 10.4. The molecule has 15 heavy (non-hydrogen) atoms. The Morgan fingerprint density at radius 3 is 3.13 bits per heavy atom. The summed E-state index contributed by atoms with van der Waals surface area (Å²) in [5.41, 5.74) is 2.85. The van der Waals surface area contributed by atoms with E-state index in [9.17, 15) is 5.11 Å². The van der Waals surface area contributed by atoms with Crippen LogP contribution in [0.5, 0.6) is 5.75 Å². The minimum absolute atomic E-state index is 0.422. The molecule has 0 amide bonds. The van der Waals surface area contributed by atoms with Gasteiger partial charge in [0.25, 0.3) is 0 Å². The van der Waals surface area contributed by atoms with Crippen LogP contribution in [0.3, 0.4) is 0 Å². The monoisotopic (exact) mass is 203 g/mol. The quantitative estimate of drug-likeness (QED) is 0.698. The number of phenols is 1. The van der Waals surface area contributed by atoms with Gasteiger partial charge in [-0.2, -0.15) is 0 Å². The molecule has 2 atom stereocenters. The van der Waals surface area contributed by atoms with Crippen LogP contribution in [-0.2, 0) is 6.42 Å². The zero-order valence-electron chi connectivity index (χ0n) is 9.11. The van der Waals surface area contributed by atoms with Crippen molar-refractivity contribution in [3.63, 3.8) is 0 Å². The minimum atomic E-state index is 0.422. The summed E-state index contributed by atoms with van der Waals surface area (Å²) in [5, 5.41) is 9.53. The lowest BCUT2D eigenvalue weighted by atomic mass is 9.75. The van der Waals surface area contributed by atoms with Gasteiger partial charge in [0.05, 0.1) is 0 Å². The van der Waals surface area contributed by atoms with Crippen LogP contribution >= 0.6 is 0 Å². The highest BCUT2D eigenvalue weighted by Gasteiger charge is 2.33. The van der Waals surface area contributed by atoms with Gasteiger partial charge in [0.15, 0.2) is 0 Å². The number of fused-ring (bicyclic) bond motifs is 4. The Balaban J connectivity index is 2.03. The summed E-state index contributed by atoms with van der Waals surface area (Å²) in [6, 6.07) is 6.62. The predicted octanol–water partition coefficient (Wildman–Crippen LogP) is 2.13. The molecule has 1 aliphatic carbocycles. The number of likely N-dealkylation sites (tertiary alicyclic amines) is 1. The lowest BCUT2D eigenvalue weighted by Gasteiger charge is -2.42. The molecule has 1 heterocycles. The van der Waals surface area contributed by atoms with E-state index in [0.717, 1.165) is 12.5 Å². The second-order valence-corrected chi connectivity index (χ2v) is 4.94. The van der Waals surface area contributed by atoms with Gasteiger partial charge in [-0.1, -0.05) is 6.07 Å². The fourth-order valence-electron chi connectivity index (χ4n) is 3.09. The predicted molar refractivity (Wildman–Crippen MR) is 60.2 cm³/mol. The maximum atomic E-state index is 9.53. The van der Waals surface area contributed by atoms with E-state index in [0.29, 0.717) is 11.7 Å². The molecule has 2 nitrogen and oxygen atoms in total. The van der Waals surface area contributed by atoms with Crippen LogP contribution in [0, 0.1) is 0 Å². The molecule has 0 saturated carbocycles. The van der Waals surface area contributed by atoms with Crippen molar-refractivity contribution >= 4 is 0 Å². The van der Waals surface area contributed by atoms with E-state index in [1.54, 1.807) is 0 Å². The van der Waals surface area contributed by atoms with Gasteiger partial charge in [0, 0.05) is 6.04 Å². The molecule has 1 aromatic rings. The number of likely N-dealkylation sites (N-methyl/N-ethyl adjacent to an activating group) is 1. The van der Waals surface area contributed by atoms with Crippen LogP contribution in [0.15, 0.2) is 18.2 Å². The van der Waals surface area contributed by atoms with Crippen molar-refractivity contribution in [2.75, 3.05) is 13.6 Å². The second kappa shape index (κ2) is 3.24. The lowest BCUT2D eigenvalue weighted by Crippen LogP contribution is -2.43. The molecule has 80 valence electrons. The largest absolute Gasteiger partial charge is 0.508 e. The number of rotatable bonds is 0. The molecule has 2 heteroatoms. The summed E-state index contributed by atoms with van der Waals surface area (Å²) >= 11 is 0. The topological polar surface area (TPSA) is 23.5 Å². The third-order valence-electron chi connectivity index (χ3n) is 4.04. The van der Waals surface area contributed by atoms with Crippen LogP contribution in [0.2, 0.25) is 0 Å². The first-order valence-corrected chi connectivity index (χ1v) is 5.76. The number of phenolic OH excluding ortho intramolecular Hbond substituents is 1. The average Bonchev–Trinajstić information content (AvgIpc) is 2.24. The first kappa shape index (κ1) is 9.22. The van der Waals surface area contributed by atoms with Crippen LogP contribution in [0.25, 0.3) is 0 Å². The number of piperidine rings is 1. The van der Waals surface area contributed by atoms with Crippen molar-refractivity contribution < 1.29 is 5.11 Å². The highest BCUT2D eigenvalue weighted by Crippen LogP contribution is 2.40. The molecule has 3 rings (SSSR count). The molecule has 2 aliphatic rings. The summed E-state index contributed by atoms with van der Waals surface area (Å²) in [6.07, 6.45) is 3.67. The molecule has 1 aliphatic heterocycles. The normalized spacial score (nSPS) is 29.9. The molecule has 1 N–H and O–H groups in total. The Kier molecular flexibility index (Phi) is 1.99. The van der Waals surface area contributed by atoms with Gasteiger partial charge in [0.1, 0.15) is 5.75 Å². The zero-order valence-corrected chi connectivity index (χ0v) is 9.11. The molecule has 2 bridgehead atoms. The van der Waals surface area contributed by atoms with Crippen molar-refractivity contribution in [1.82, 2.24) is 4.90 Å². The highest BCUT2D eigenvalue weighted by atomic mass is 16.3. The van der Waals surface area contributed by atoms with E-state index in [-0.39, 0.29) is 0 Å². The number of nitrogens with zero attached hydrogens (tertiary/aromatic N) is 1. The third kappa shape index (κ3) is 1.44. The van der Waals surface area contributed by atoms with E-state index >= 15 is 0 Å². The summed E-state index contributed by atoms with van der Waals surface area (Å²) in [6.45, 7) is 1.20. The molecule has 1 fully saturated rings. The van der Waals surface area contributed by atoms with Crippen molar-refractivity contribution in [2.45, 2.75) is 31.2 Å². The van der Waals surface area contributed by atoms with Gasteiger partial charge >= 0.3 is 0 Å².